The maximum absolute atomic E-state index is 6.49. The number of furan rings is 2. The van der Waals surface area contributed by atoms with Crippen LogP contribution in [0.3, 0.4) is 0 Å². The second-order valence-electron chi connectivity index (χ2n) is 26.5. The summed E-state index contributed by atoms with van der Waals surface area (Å²) in [6.07, 6.45) is 0. The normalized spacial score (nSPS) is 12.1. The quantitative estimate of drug-likeness (QED) is 0.172. The highest BCUT2D eigenvalue weighted by atomic mass is 35.5. The molecule has 0 spiro atoms. The summed E-state index contributed by atoms with van der Waals surface area (Å²) in [7, 11) is 0. The Bertz CT molecular complexity index is 7560. The van der Waals surface area contributed by atoms with Gasteiger partial charge in [-0.05, 0) is 119 Å². The summed E-state index contributed by atoms with van der Waals surface area (Å²) in [5, 5.41) is 17.3. The highest BCUT2D eigenvalue weighted by Crippen LogP contribution is 2.50. The average Bonchev–Trinajstić information content (AvgIpc) is 1.52. The molecule has 14 aromatic carbocycles. The van der Waals surface area contributed by atoms with E-state index in [0.717, 1.165) is 66.5 Å². The van der Waals surface area contributed by atoms with Gasteiger partial charge in [0.1, 0.15) is 33.6 Å². The number of aromatic amines is 1. The maximum atomic E-state index is 6.49. The number of rotatable bonds is 5. The van der Waals surface area contributed by atoms with Crippen molar-refractivity contribution in [2.75, 3.05) is 0 Å². The zero-order valence-electron chi connectivity index (χ0n) is 54.8. The Morgan fingerprint density at radius 2 is 0.699 bits per heavy atom. The summed E-state index contributed by atoms with van der Waals surface area (Å²) in [6, 6.07) is 111. The number of fused-ring (bicyclic) bond motifs is 26. The van der Waals surface area contributed by atoms with E-state index in [9.17, 15) is 0 Å². The van der Waals surface area contributed by atoms with E-state index in [1.165, 1.54) is 131 Å². The molecular weight excluding hydrogens is 1280 g/mol. The van der Waals surface area contributed by atoms with Crippen molar-refractivity contribution >= 4 is 176 Å². The molecule has 0 aliphatic rings. The summed E-state index contributed by atoms with van der Waals surface area (Å²) in [6.45, 7) is 0. The van der Waals surface area contributed by atoms with Crippen LogP contribution in [0, 0.1) is 0 Å². The fraction of sp³-hybridized carbons (Fsp3) is 0. The van der Waals surface area contributed by atoms with Crippen LogP contribution in [0.1, 0.15) is 0 Å². The van der Waals surface area contributed by atoms with E-state index in [1.54, 1.807) is 0 Å². The van der Waals surface area contributed by atoms with E-state index in [1.807, 2.05) is 91.0 Å². The molecule has 1 N–H and O–H groups in total. The van der Waals surface area contributed by atoms with Crippen LogP contribution in [0.5, 0.6) is 0 Å². The van der Waals surface area contributed by atoms with Crippen molar-refractivity contribution in [1.29, 1.82) is 0 Å². The van der Waals surface area contributed by atoms with Crippen LogP contribution < -0.4 is 0 Å². The zero-order chi connectivity index (χ0) is 67.5. The van der Waals surface area contributed by atoms with Gasteiger partial charge in [-0.25, -0.2) is 19.9 Å². The molecule has 480 valence electrons. The molecule has 0 atom stereocenters. The zero-order valence-corrected chi connectivity index (χ0v) is 55.6. The second-order valence-corrected chi connectivity index (χ2v) is 26.9. The van der Waals surface area contributed by atoms with Gasteiger partial charge < -0.3 is 22.6 Å². The van der Waals surface area contributed by atoms with Crippen molar-refractivity contribution in [3.8, 4) is 50.7 Å². The van der Waals surface area contributed by atoms with Gasteiger partial charge in [0.05, 0.1) is 44.1 Å². The van der Waals surface area contributed by atoms with Crippen LogP contribution in [0.15, 0.2) is 324 Å². The average molecular weight is 1340 g/mol. The standard InChI is InChI=1S/C46H26N4O.C30H18N2.C16H9ClN2O/c1-3-13-27(14-4-1)29-23-24-37-34(25-29)40-38(26-33-30-17-7-10-20-35(30)49-36-21-11-8-18-31(36)41(40)44(33)49)50(37)46-47-42(28-15-5-2-6-16-28)45-43(48-46)32-19-9-12-22-39(32)51-45;1-2-8-18(9-3-1)19-14-15-24-23(16-19)28-25(31-24)17-22-20-10-4-6-12-26(20)32-27-13-7-5-11-21(27)29(28)30(22)32;17-16-18-13(10-6-2-1-3-7-10)15-14(19-16)11-8-4-5-9-12(11)20-15/h1-26H;1-17,31H;1-9H. The summed E-state index contributed by atoms with van der Waals surface area (Å²) in [5.41, 5.74) is 24.8. The fourth-order valence-corrected chi connectivity index (χ4v) is 16.7. The molecule has 0 fully saturated rings. The van der Waals surface area contributed by atoms with Crippen LogP contribution in [-0.2, 0) is 0 Å². The Morgan fingerprint density at radius 3 is 1.25 bits per heavy atom. The Labute approximate surface area is 590 Å². The minimum absolute atomic E-state index is 0.225. The molecule has 0 aliphatic heterocycles. The maximum Gasteiger partial charge on any atom is 0.236 e. The lowest BCUT2D eigenvalue weighted by Crippen LogP contribution is -2.03. The first kappa shape index (κ1) is 57.3. The van der Waals surface area contributed by atoms with Crippen molar-refractivity contribution < 1.29 is 8.83 Å². The molecule has 10 heterocycles. The van der Waals surface area contributed by atoms with Gasteiger partial charge in [-0.2, -0.15) is 0 Å². The molecule has 11 heteroatoms. The topological polar surface area (TPSA) is 107 Å². The van der Waals surface area contributed by atoms with Gasteiger partial charge in [0.25, 0.3) is 0 Å². The molecule has 0 unspecified atom stereocenters. The fourth-order valence-electron chi connectivity index (χ4n) is 16.6. The number of H-pyrrole nitrogens is 1. The smallest absolute Gasteiger partial charge is 0.236 e. The van der Waals surface area contributed by atoms with E-state index in [0.29, 0.717) is 17.1 Å². The van der Waals surface area contributed by atoms with Crippen LogP contribution in [0.4, 0.5) is 0 Å². The third-order valence-electron chi connectivity index (χ3n) is 20.9. The van der Waals surface area contributed by atoms with Crippen molar-refractivity contribution in [1.82, 2.24) is 38.3 Å². The number of halogens is 1. The van der Waals surface area contributed by atoms with Gasteiger partial charge in [-0.1, -0.05) is 231 Å². The first-order valence-corrected chi connectivity index (χ1v) is 34.9. The molecule has 0 bridgehead atoms. The molecule has 0 saturated heterocycles. The van der Waals surface area contributed by atoms with Gasteiger partial charge >= 0.3 is 0 Å². The lowest BCUT2D eigenvalue weighted by atomic mass is 9.99. The van der Waals surface area contributed by atoms with Gasteiger partial charge in [-0.15, -0.1) is 0 Å². The van der Waals surface area contributed by atoms with E-state index in [-0.39, 0.29) is 5.28 Å². The number of aromatic nitrogens is 8. The molecule has 10 aromatic heterocycles. The first-order valence-electron chi connectivity index (χ1n) is 34.5. The first-order chi connectivity index (χ1) is 51.0. The van der Waals surface area contributed by atoms with Crippen molar-refractivity contribution in [2.24, 2.45) is 0 Å². The van der Waals surface area contributed by atoms with Crippen LogP contribution in [-0.4, -0.2) is 38.3 Å². The predicted molar refractivity (Wildman–Crippen MR) is 425 cm³/mol. The van der Waals surface area contributed by atoms with E-state index in [2.05, 4.69) is 253 Å². The molecule has 103 heavy (non-hydrogen) atoms. The van der Waals surface area contributed by atoms with E-state index in [4.69, 9.17) is 30.4 Å². The van der Waals surface area contributed by atoms with Crippen molar-refractivity contribution in [3.63, 3.8) is 0 Å². The highest BCUT2D eigenvalue weighted by Gasteiger charge is 2.28. The lowest BCUT2D eigenvalue weighted by Gasteiger charge is -2.10. The molecule has 24 rings (SSSR count). The number of hydrogen-bond acceptors (Lipinski definition) is 6. The van der Waals surface area contributed by atoms with E-state index >= 15 is 0 Å². The summed E-state index contributed by atoms with van der Waals surface area (Å²) < 4.78 is 19.6. The van der Waals surface area contributed by atoms with Gasteiger partial charge in [0, 0.05) is 97.6 Å². The predicted octanol–water partition coefficient (Wildman–Crippen LogP) is 24.8. The molecule has 10 nitrogen and oxygen atoms in total. The third-order valence-corrected chi connectivity index (χ3v) is 21.1. The molecule has 0 aliphatic carbocycles. The van der Waals surface area contributed by atoms with Gasteiger partial charge in [0.15, 0.2) is 11.2 Å². The number of benzene rings is 14. The van der Waals surface area contributed by atoms with E-state index < -0.39 is 0 Å². The van der Waals surface area contributed by atoms with Crippen LogP contribution >= 0.6 is 11.6 Å². The van der Waals surface area contributed by atoms with Crippen molar-refractivity contribution in [3.05, 3.63) is 321 Å². The van der Waals surface area contributed by atoms with Gasteiger partial charge in [-0.3, -0.25) is 4.57 Å². The largest absolute Gasteiger partial charge is 0.452 e. The Morgan fingerprint density at radius 1 is 0.272 bits per heavy atom. The Kier molecular flexibility index (Phi) is 12.3. The minimum Gasteiger partial charge on any atom is -0.452 e. The monoisotopic (exact) mass is 1340 g/mol. The highest BCUT2D eigenvalue weighted by molar-refractivity contribution is 6.37. The summed E-state index contributed by atoms with van der Waals surface area (Å²) in [5.74, 6) is 0.613. The molecule has 0 radical (unpaired) electrons. The lowest BCUT2D eigenvalue weighted by molar-refractivity contribution is 0.666. The molecular formula is C92H53ClN8O2. The minimum atomic E-state index is 0.225. The summed E-state index contributed by atoms with van der Waals surface area (Å²) in [4.78, 5) is 23.1. The number of para-hydroxylation sites is 6. The number of hydrogen-bond donors (Lipinski definition) is 1. The van der Waals surface area contributed by atoms with Crippen LogP contribution in [0.2, 0.25) is 5.28 Å². The Hall–Kier alpha value is -13.7. The number of nitrogens with zero attached hydrogens (tertiary/aromatic N) is 7. The van der Waals surface area contributed by atoms with Crippen LogP contribution in [0.25, 0.3) is 215 Å². The molecule has 0 saturated carbocycles. The molecule has 24 aromatic rings. The van der Waals surface area contributed by atoms with Gasteiger partial charge in [0.2, 0.25) is 11.2 Å². The number of nitrogens with one attached hydrogen (secondary N) is 1. The Balaban J connectivity index is 0.000000109. The van der Waals surface area contributed by atoms with Crippen molar-refractivity contribution in [2.45, 2.75) is 0 Å². The third kappa shape index (κ3) is 8.50. The summed E-state index contributed by atoms with van der Waals surface area (Å²) >= 11 is 6.07. The molecule has 0 amide bonds. The second kappa shape index (κ2) is 22.2. The SMILES string of the molecule is Clc1nc(-c2ccccc2)c2oc3ccccc3c2n1.c1ccc(-c2ccc3[nH]c4cc5c6ccccc6n6c7ccccc7c(c4c3c2)c56)cc1.c1ccc(-c2ccc3c(c2)c2c4c5ccccc5n5c6ccccc6c(cc2n3-c2nc(-c3ccccc3)c3oc6ccccc6c3n2)c45)cc1.